The summed E-state index contributed by atoms with van der Waals surface area (Å²) in [5, 5.41) is 0.197. The molecule has 2 N–H and O–H groups in total. The highest BCUT2D eigenvalue weighted by Crippen LogP contribution is 2.28. The molecular weight excluding hydrogens is 309 g/mol. The summed E-state index contributed by atoms with van der Waals surface area (Å²) < 4.78 is 26.6. The van der Waals surface area contributed by atoms with Gasteiger partial charge in [-0.15, -0.1) is 0 Å². The second-order valence-corrected chi connectivity index (χ2v) is 6.29. The highest BCUT2D eigenvalue weighted by Gasteiger charge is 2.20. The maximum atomic E-state index is 12.1. The van der Waals surface area contributed by atoms with Gasteiger partial charge in [0.2, 0.25) is 10.0 Å². The third-order valence-electron chi connectivity index (χ3n) is 2.43. The molecule has 0 saturated carbocycles. The molecular formula is C11H11Cl2N3O2S. The van der Waals surface area contributed by atoms with Crippen LogP contribution in [0.25, 0.3) is 0 Å². The normalized spacial score (nSPS) is 11.7. The number of halogens is 2. The maximum absolute atomic E-state index is 12.1. The number of aromatic nitrogens is 2. The zero-order chi connectivity index (χ0) is 13.9. The van der Waals surface area contributed by atoms with E-state index in [0.717, 1.165) is 5.69 Å². The Kier molecular flexibility index (Phi) is 4.46. The van der Waals surface area contributed by atoms with Crippen molar-refractivity contribution in [3.05, 3.63) is 46.5 Å². The van der Waals surface area contributed by atoms with E-state index in [9.17, 15) is 8.42 Å². The van der Waals surface area contributed by atoms with E-state index in [1.54, 1.807) is 12.3 Å². The first kappa shape index (κ1) is 14.3. The molecule has 0 aliphatic rings. The van der Waals surface area contributed by atoms with E-state index in [2.05, 4.69) is 14.7 Å². The van der Waals surface area contributed by atoms with Gasteiger partial charge in [-0.05, 0) is 12.1 Å². The van der Waals surface area contributed by atoms with Crippen molar-refractivity contribution < 1.29 is 8.42 Å². The fourth-order valence-electron chi connectivity index (χ4n) is 1.55. The molecule has 0 saturated heterocycles. The van der Waals surface area contributed by atoms with Crippen molar-refractivity contribution in [2.75, 3.05) is 6.54 Å². The third kappa shape index (κ3) is 3.48. The molecule has 0 aliphatic carbocycles. The highest BCUT2D eigenvalue weighted by molar-refractivity contribution is 7.89. The molecule has 0 aliphatic heterocycles. The molecule has 0 atom stereocenters. The van der Waals surface area contributed by atoms with Crippen LogP contribution in [0.3, 0.4) is 0 Å². The van der Waals surface area contributed by atoms with Crippen LogP contribution in [0.1, 0.15) is 5.69 Å². The zero-order valence-corrected chi connectivity index (χ0v) is 12.1. The predicted octanol–water partition coefficient (Wildman–Crippen LogP) is 2.24. The lowest BCUT2D eigenvalue weighted by Gasteiger charge is -2.09. The van der Waals surface area contributed by atoms with Gasteiger partial charge in [0, 0.05) is 24.9 Å². The monoisotopic (exact) mass is 319 g/mol. The van der Waals surface area contributed by atoms with Crippen LogP contribution in [0.15, 0.2) is 35.6 Å². The molecule has 8 heteroatoms. The second-order valence-electron chi connectivity index (χ2n) is 3.78. The number of nitrogens with zero attached hydrogens (tertiary/aromatic N) is 1. The number of hydrogen-bond acceptors (Lipinski definition) is 3. The lowest BCUT2D eigenvalue weighted by Crippen LogP contribution is -2.26. The van der Waals surface area contributed by atoms with Gasteiger partial charge in [-0.25, -0.2) is 18.1 Å². The molecule has 102 valence electrons. The van der Waals surface area contributed by atoms with Crippen LogP contribution < -0.4 is 4.72 Å². The quantitative estimate of drug-likeness (QED) is 0.887. The minimum atomic E-state index is -3.72. The van der Waals surface area contributed by atoms with Crippen LogP contribution in [0, 0.1) is 0 Å². The number of hydrogen-bond donors (Lipinski definition) is 2. The molecule has 0 amide bonds. The Balaban J connectivity index is 2.10. The topological polar surface area (TPSA) is 74.8 Å². The fraction of sp³-hybridized carbons (Fsp3) is 0.182. The molecule has 1 heterocycles. The summed E-state index contributed by atoms with van der Waals surface area (Å²) in [5.41, 5.74) is 0.841. The summed E-state index contributed by atoms with van der Waals surface area (Å²) in [7, 11) is -3.72. The Morgan fingerprint density at radius 2 is 1.95 bits per heavy atom. The maximum Gasteiger partial charge on any atom is 0.243 e. The Morgan fingerprint density at radius 3 is 2.53 bits per heavy atom. The van der Waals surface area contributed by atoms with Crippen LogP contribution in [0.5, 0.6) is 0 Å². The van der Waals surface area contributed by atoms with E-state index < -0.39 is 10.0 Å². The second kappa shape index (κ2) is 5.92. The average molecular weight is 320 g/mol. The molecule has 0 fully saturated rings. The van der Waals surface area contributed by atoms with Crippen LogP contribution >= 0.6 is 23.2 Å². The van der Waals surface area contributed by atoms with E-state index in [0.29, 0.717) is 6.42 Å². The number of imidazole rings is 1. The van der Waals surface area contributed by atoms with Crippen LogP contribution in [-0.4, -0.2) is 24.9 Å². The molecule has 0 spiro atoms. The summed E-state index contributed by atoms with van der Waals surface area (Å²) >= 11 is 11.7. The Morgan fingerprint density at radius 1 is 1.26 bits per heavy atom. The van der Waals surface area contributed by atoms with Crippen molar-refractivity contribution in [2.24, 2.45) is 0 Å². The molecule has 2 aromatic rings. The summed E-state index contributed by atoms with van der Waals surface area (Å²) in [5.74, 6) is 0. The van der Waals surface area contributed by atoms with Crippen molar-refractivity contribution in [2.45, 2.75) is 11.3 Å². The Labute approximate surface area is 121 Å². The number of aromatic amines is 1. The van der Waals surface area contributed by atoms with E-state index in [1.165, 1.54) is 18.5 Å². The first-order valence-electron chi connectivity index (χ1n) is 5.41. The summed E-state index contributed by atoms with van der Waals surface area (Å²) in [6.07, 6.45) is 3.67. The van der Waals surface area contributed by atoms with E-state index in [4.69, 9.17) is 23.2 Å². The van der Waals surface area contributed by atoms with Gasteiger partial charge >= 0.3 is 0 Å². The number of nitrogens with one attached hydrogen (secondary N) is 2. The molecule has 5 nitrogen and oxygen atoms in total. The molecule has 0 radical (unpaired) electrons. The van der Waals surface area contributed by atoms with Gasteiger partial charge in [-0.3, -0.25) is 0 Å². The van der Waals surface area contributed by atoms with E-state index in [1.807, 2.05) is 0 Å². The van der Waals surface area contributed by atoms with Gasteiger partial charge in [0.05, 0.1) is 16.4 Å². The minimum Gasteiger partial charge on any atom is -0.348 e. The molecule has 2 rings (SSSR count). The summed E-state index contributed by atoms with van der Waals surface area (Å²) in [6.45, 7) is 0.228. The molecule has 1 aromatic carbocycles. The van der Waals surface area contributed by atoms with Crippen molar-refractivity contribution in [3.63, 3.8) is 0 Å². The van der Waals surface area contributed by atoms with E-state index >= 15 is 0 Å². The van der Waals surface area contributed by atoms with Gasteiger partial charge in [-0.2, -0.15) is 0 Å². The molecule has 0 bridgehead atoms. The van der Waals surface area contributed by atoms with Gasteiger partial charge < -0.3 is 4.98 Å². The smallest absolute Gasteiger partial charge is 0.243 e. The largest absolute Gasteiger partial charge is 0.348 e. The summed E-state index contributed by atoms with van der Waals surface area (Å²) in [4.78, 5) is 6.64. The first-order chi connectivity index (χ1) is 9.00. The Hall–Kier alpha value is -1.08. The first-order valence-corrected chi connectivity index (χ1v) is 7.65. The van der Waals surface area contributed by atoms with Crippen molar-refractivity contribution in [1.82, 2.24) is 14.7 Å². The minimum absolute atomic E-state index is 0.0945. The van der Waals surface area contributed by atoms with Gasteiger partial charge in [-0.1, -0.05) is 29.3 Å². The number of rotatable bonds is 5. The van der Waals surface area contributed by atoms with Crippen LogP contribution in [0.2, 0.25) is 10.0 Å². The summed E-state index contributed by atoms with van der Waals surface area (Å²) in [6, 6.07) is 4.56. The van der Waals surface area contributed by atoms with Gasteiger partial charge in [0.15, 0.2) is 0 Å². The van der Waals surface area contributed by atoms with Crippen LogP contribution in [0.4, 0.5) is 0 Å². The van der Waals surface area contributed by atoms with Crippen molar-refractivity contribution in [3.8, 4) is 0 Å². The SMILES string of the molecule is O=S(=O)(NCCc1cnc[nH]1)c1c(Cl)cccc1Cl. The lowest BCUT2D eigenvalue weighted by molar-refractivity contribution is 0.581. The molecule has 1 aromatic heterocycles. The molecule has 0 unspecified atom stereocenters. The molecule has 19 heavy (non-hydrogen) atoms. The standard InChI is InChI=1S/C11H11Cl2N3O2S/c12-9-2-1-3-10(13)11(9)19(17,18)16-5-4-8-6-14-7-15-8/h1-3,6-7,16H,4-5H2,(H,14,15). The van der Waals surface area contributed by atoms with E-state index in [-0.39, 0.29) is 21.5 Å². The number of H-pyrrole nitrogens is 1. The fourth-order valence-corrected chi connectivity index (χ4v) is 3.72. The number of sulfonamides is 1. The van der Waals surface area contributed by atoms with Crippen molar-refractivity contribution >= 4 is 33.2 Å². The third-order valence-corrected chi connectivity index (χ3v) is 4.84. The lowest BCUT2D eigenvalue weighted by atomic mass is 10.3. The Bertz CT molecular complexity index is 636. The average Bonchev–Trinajstić information content (AvgIpc) is 2.81. The van der Waals surface area contributed by atoms with Gasteiger partial charge in [0.25, 0.3) is 0 Å². The number of benzene rings is 1. The zero-order valence-electron chi connectivity index (χ0n) is 9.73. The van der Waals surface area contributed by atoms with Crippen molar-refractivity contribution in [1.29, 1.82) is 0 Å². The highest BCUT2D eigenvalue weighted by atomic mass is 35.5. The van der Waals surface area contributed by atoms with Crippen LogP contribution in [-0.2, 0) is 16.4 Å². The predicted molar refractivity (Wildman–Crippen MR) is 73.9 cm³/mol. The van der Waals surface area contributed by atoms with Gasteiger partial charge in [0.1, 0.15) is 4.90 Å².